The molecule has 1 aromatic rings. The molecule has 1 amide bonds. The smallest absolute Gasteiger partial charge is 0.338 e. The molecule has 0 saturated heterocycles. The molecule has 0 bridgehead atoms. The highest BCUT2D eigenvalue weighted by Gasteiger charge is 2.58. The molecule has 0 atom stereocenters. The lowest BCUT2D eigenvalue weighted by molar-refractivity contribution is -0.282. The van der Waals surface area contributed by atoms with E-state index < -0.39 is 36.8 Å². The van der Waals surface area contributed by atoms with Crippen LogP contribution in [-0.2, 0) is 4.79 Å². The van der Waals surface area contributed by atoms with Crippen LogP contribution < -0.4 is 0 Å². The fraction of sp³-hybridized carbons (Fsp3) is 0.385. The fourth-order valence-electron chi connectivity index (χ4n) is 1.44. The third-order valence-corrected chi connectivity index (χ3v) is 2.69. The number of rotatable bonds is 5. The first-order chi connectivity index (χ1) is 9.54. The van der Waals surface area contributed by atoms with Crippen molar-refractivity contribution in [2.45, 2.75) is 18.5 Å². The maximum Gasteiger partial charge on any atom is 0.453 e. The molecule has 0 N–H and O–H groups in total. The summed E-state index contributed by atoms with van der Waals surface area (Å²) < 4.78 is 61.5. The highest BCUT2D eigenvalue weighted by atomic mass is 19.4. The topological polar surface area (TPSA) is 37.4 Å². The Hall–Kier alpha value is -1.99. The van der Waals surface area contributed by atoms with Crippen molar-refractivity contribution in [3.8, 4) is 0 Å². The van der Waals surface area contributed by atoms with Crippen molar-refractivity contribution < 1.29 is 31.5 Å². The molecule has 0 spiro atoms. The summed E-state index contributed by atoms with van der Waals surface area (Å²) in [5.74, 6) is -7.13. The van der Waals surface area contributed by atoms with Gasteiger partial charge < -0.3 is 4.90 Å². The van der Waals surface area contributed by atoms with E-state index in [4.69, 9.17) is 0 Å². The van der Waals surface area contributed by atoms with Crippen LogP contribution in [0.3, 0.4) is 0 Å². The van der Waals surface area contributed by atoms with Gasteiger partial charge in [-0.05, 0) is 0 Å². The van der Waals surface area contributed by atoms with E-state index in [1.807, 2.05) is 0 Å². The number of hydrogen-bond acceptors (Lipinski definition) is 2. The van der Waals surface area contributed by atoms with Crippen molar-refractivity contribution in [2.24, 2.45) is 0 Å². The zero-order chi connectivity index (χ0) is 16.3. The van der Waals surface area contributed by atoms with Gasteiger partial charge in [0.1, 0.15) is 6.42 Å². The predicted molar refractivity (Wildman–Crippen MR) is 64.0 cm³/mol. The Labute approximate surface area is 117 Å². The molecular weight excluding hydrogens is 297 g/mol. The summed E-state index contributed by atoms with van der Waals surface area (Å²) in [6.07, 6.45) is -7.82. The molecule has 0 radical (unpaired) electrons. The lowest BCUT2D eigenvalue weighted by Gasteiger charge is -2.22. The summed E-state index contributed by atoms with van der Waals surface area (Å²) in [6, 6.07) is 7.67. The summed E-state index contributed by atoms with van der Waals surface area (Å²) in [6.45, 7) is -0.573. The Bertz CT molecular complexity index is 513. The molecule has 0 aliphatic rings. The largest absolute Gasteiger partial charge is 0.453 e. The third kappa shape index (κ3) is 4.51. The molecule has 0 heterocycles. The number of ketones is 1. The number of alkyl halides is 5. The van der Waals surface area contributed by atoms with Crippen LogP contribution in [0.2, 0.25) is 0 Å². The molecule has 0 aromatic heterocycles. The highest BCUT2D eigenvalue weighted by Crippen LogP contribution is 2.38. The standard InChI is InChI=1S/C13H12F5NO2/c1-19(8-10(20)9-5-3-2-4-6-9)11(21)7-12(14,15)13(16,17)18/h2-6H,7-8H2,1H3. The zero-order valence-corrected chi connectivity index (χ0v) is 11.0. The van der Waals surface area contributed by atoms with E-state index in [0.717, 1.165) is 7.05 Å². The van der Waals surface area contributed by atoms with Crippen molar-refractivity contribution in [1.29, 1.82) is 0 Å². The molecule has 21 heavy (non-hydrogen) atoms. The van der Waals surface area contributed by atoms with Gasteiger partial charge in [0.2, 0.25) is 5.91 Å². The molecule has 0 saturated carbocycles. The number of hydrogen-bond donors (Lipinski definition) is 0. The van der Waals surface area contributed by atoms with Gasteiger partial charge >= 0.3 is 12.1 Å². The predicted octanol–water partition coefficient (Wildman–Crippen LogP) is 2.92. The van der Waals surface area contributed by atoms with Crippen molar-refractivity contribution >= 4 is 11.7 Å². The number of likely N-dealkylation sites (N-methyl/N-ethyl adjacent to an activating group) is 1. The van der Waals surface area contributed by atoms with Gasteiger partial charge in [-0.3, -0.25) is 9.59 Å². The molecule has 8 heteroatoms. The Morgan fingerprint density at radius 3 is 2.05 bits per heavy atom. The molecule has 3 nitrogen and oxygen atoms in total. The van der Waals surface area contributed by atoms with Crippen LogP contribution in [0.4, 0.5) is 22.0 Å². The van der Waals surface area contributed by atoms with E-state index in [-0.39, 0.29) is 5.56 Å². The molecule has 1 aromatic carbocycles. The number of amides is 1. The van der Waals surface area contributed by atoms with Crippen molar-refractivity contribution in [1.82, 2.24) is 4.90 Å². The van der Waals surface area contributed by atoms with E-state index in [0.29, 0.717) is 4.90 Å². The summed E-state index contributed by atoms with van der Waals surface area (Å²) in [4.78, 5) is 23.6. The second-order valence-electron chi connectivity index (χ2n) is 4.42. The van der Waals surface area contributed by atoms with Gasteiger partial charge in [-0.2, -0.15) is 22.0 Å². The molecule has 116 valence electrons. The Morgan fingerprint density at radius 1 is 1.05 bits per heavy atom. The van der Waals surface area contributed by atoms with Gasteiger partial charge in [0, 0.05) is 12.6 Å². The normalized spacial score (nSPS) is 12.1. The lowest BCUT2D eigenvalue weighted by atomic mass is 10.1. The average molecular weight is 309 g/mol. The number of carbonyl (C=O) groups is 2. The third-order valence-electron chi connectivity index (χ3n) is 2.69. The second-order valence-corrected chi connectivity index (χ2v) is 4.42. The van der Waals surface area contributed by atoms with Crippen molar-refractivity contribution in [3.63, 3.8) is 0 Å². The van der Waals surface area contributed by atoms with Gasteiger partial charge in [-0.1, -0.05) is 30.3 Å². The maximum absolute atomic E-state index is 12.7. The van der Waals surface area contributed by atoms with Gasteiger partial charge in [0.15, 0.2) is 5.78 Å². The zero-order valence-electron chi connectivity index (χ0n) is 11.0. The minimum Gasteiger partial charge on any atom is -0.338 e. The minimum absolute atomic E-state index is 0.236. The van der Waals surface area contributed by atoms with Crippen molar-refractivity contribution in [3.05, 3.63) is 35.9 Å². The van der Waals surface area contributed by atoms with Gasteiger partial charge in [-0.15, -0.1) is 0 Å². The summed E-state index contributed by atoms with van der Waals surface area (Å²) in [5.41, 5.74) is 0.236. The second kappa shape index (κ2) is 6.19. The molecule has 1 rings (SSSR count). The van der Waals surface area contributed by atoms with Gasteiger partial charge in [0.25, 0.3) is 0 Å². The first-order valence-corrected chi connectivity index (χ1v) is 5.81. The Kier molecular flexibility index (Phi) is 5.03. The monoisotopic (exact) mass is 309 g/mol. The van der Waals surface area contributed by atoms with Crippen LogP contribution in [-0.4, -0.2) is 42.3 Å². The molecule has 0 unspecified atom stereocenters. The van der Waals surface area contributed by atoms with E-state index in [2.05, 4.69) is 0 Å². The van der Waals surface area contributed by atoms with E-state index in [9.17, 15) is 31.5 Å². The number of benzene rings is 1. The summed E-state index contributed by atoms with van der Waals surface area (Å²) >= 11 is 0. The van der Waals surface area contributed by atoms with Crippen LogP contribution in [0.25, 0.3) is 0 Å². The first kappa shape index (κ1) is 17.1. The lowest BCUT2D eigenvalue weighted by Crippen LogP contribution is -2.43. The molecule has 0 aliphatic carbocycles. The average Bonchev–Trinajstić information content (AvgIpc) is 2.37. The molecule has 0 aliphatic heterocycles. The van der Waals surface area contributed by atoms with Crippen LogP contribution in [0.15, 0.2) is 30.3 Å². The highest BCUT2D eigenvalue weighted by molar-refractivity contribution is 5.99. The maximum atomic E-state index is 12.7. The number of nitrogens with zero attached hydrogens (tertiary/aromatic N) is 1. The van der Waals surface area contributed by atoms with Crippen LogP contribution in [0.1, 0.15) is 16.8 Å². The Morgan fingerprint density at radius 2 is 1.57 bits per heavy atom. The first-order valence-electron chi connectivity index (χ1n) is 5.81. The SMILES string of the molecule is CN(CC(=O)c1ccccc1)C(=O)CC(F)(F)C(F)(F)F. The number of halogens is 5. The summed E-state index contributed by atoms with van der Waals surface area (Å²) in [5, 5.41) is 0. The van der Waals surface area contributed by atoms with Crippen LogP contribution in [0, 0.1) is 0 Å². The van der Waals surface area contributed by atoms with Crippen LogP contribution >= 0.6 is 0 Å². The Balaban J connectivity index is 2.66. The van der Waals surface area contributed by atoms with Crippen molar-refractivity contribution in [2.75, 3.05) is 13.6 Å². The van der Waals surface area contributed by atoms with Gasteiger partial charge in [0.05, 0.1) is 6.54 Å². The van der Waals surface area contributed by atoms with E-state index >= 15 is 0 Å². The van der Waals surface area contributed by atoms with E-state index in [1.54, 1.807) is 18.2 Å². The molecule has 0 fully saturated rings. The van der Waals surface area contributed by atoms with E-state index in [1.165, 1.54) is 12.1 Å². The quantitative estimate of drug-likeness (QED) is 0.619. The summed E-state index contributed by atoms with van der Waals surface area (Å²) in [7, 11) is 0.996. The number of carbonyl (C=O) groups excluding carboxylic acids is 2. The molecular formula is C13H12F5NO2. The van der Waals surface area contributed by atoms with Crippen LogP contribution in [0.5, 0.6) is 0 Å². The number of Topliss-reactive ketones (excluding diaryl/α,β-unsaturated/α-hetero) is 1. The van der Waals surface area contributed by atoms with Gasteiger partial charge in [-0.25, -0.2) is 0 Å². The minimum atomic E-state index is -5.80. The fourth-order valence-corrected chi connectivity index (χ4v) is 1.44.